The first kappa shape index (κ1) is 12.0. The van der Waals surface area contributed by atoms with Gasteiger partial charge in [0, 0.05) is 17.0 Å². The van der Waals surface area contributed by atoms with Gasteiger partial charge in [-0.05, 0) is 43.4 Å². The molecule has 0 aliphatic carbocycles. The summed E-state index contributed by atoms with van der Waals surface area (Å²) in [5.41, 5.74) is 1.22. The van der Waals surface area contributed by atoms with Gasteiger partial charge in [0.05, 0.1) is 0 Å². The van der Waals surface area contributed by atoms with Crippen LogP contribution >= 0.6 is 11.3 Å². The van der Waals surface area contributed by atoms with Crippen molar-refractivity contribution < 1.29 is 4.79 Å². The molecule has 0 aliphatic rings. The first-order valence-electron chi connectivity index (χ1n) is 5.16. The third-order valence-electron chi connectivity index (χ3n) is 2.29. The molecule has 0 aromatic carbocycles. The Balaban J connectivity index is 2.51. The van der Waals surface area contributed by atoms with Crippen LogP contribution < -0.4 is 5.32 Å². The van der Waals surface area contributed by atoms with Crippen molar-refractivity contribution in [1.29, 1.82) is 0 Å². The molecule has 1 aromatic rings. The maximum Gasteiger partial charge on any atom is 0.244 e. The summed E-state index contributed by atoms with van der Waals surface area (Å²) < 4.78 is 0. The van der Waals surface area contributed by atoms with Crippen LogP contribution in [0.5, 0.6) is 0 Å². The SMILES string of the molecule is CC[C@H](C)NC(=O)/C=C\c1sccc1C. The van der Waals surface area contributed by atoms with Crippen LogP contribution in [0.2, 0.25) is 0 Å². The summed E-state index contributed by atoms with van der Waals surface area (Å²) in [7, 11) is 0. The lowest BCUT2D eigenvalue weighted by Gasteiger charge is -2.08. The number of rotatable bonds is 4. The second kappa shape index (κ2) is 5.71. The monoisotopic (exact) mass is 223 g/mol. The van der Waals surface area contributed by atoms with E-state index in [-0.39, 0.29) is 11.9 Å². The average molecular weight is 223 g/mol. The van der Waals surface area contributed by atoms with E-state index in [1.165, 1.54) is 5.56 Å². The number of carbonyl (C=O) groups excluding carboxylic acids is 1. The minimum atomic E-state index is -0.0165. The van der Waals surface area contributed by atoms with E-state index in [0.717, 1.165) is 11.3 Å². The van der Waals surface area contributed by atoms with Crippen molar-refractivity contribution in [3.05, 3.63) is 28.0 Å². The molecular formula is C12H17NOS. The average Bonchev–Trinajstić information content (AvgIpc) is 2.61. The molecule has 0 aliphatic heterocycles. The van der Waals surface area contributed by atoms with Gasteiger partial charge in [-0.25, -0.2) is 0 Å². The highest BCUT2D eigenvalue weighted by atomic mass is 32.1. The normalized spacial score (nSPS) is 13.0. The Morgan fingerprint density at radius 3 is 2.93 bits per heavy atom. The molecular weight excluding hydrogens is 206 g/mol. The van der Waals surface area contributed by atoms with Crippen molar-refractivity contribution in [1.82, 2.24) is 5.32 Å². The molecule has 0 saturated carbocycles. The Kier molecular flexibility index (Phi) is 4.56. The smallest absolute Gasteiger partial charge is 0.244 e. The molecule has 0 spiro atoms. The second-order valence-corrected chi connectivity index (χ2v) is 4.57. The van der Waals surface area contributed by atoms with Crippen molar-refractivity contribution in [2.24, 2.45) is 0 Å². The van der Waals surface area contributed by atoms with E-state index in [0.29, 0.717) is 0 Å². The number of aryl methyl sites for hydroxylation is 1. The molecule has 1 atom stereocenters. The minimum absolute atomic E-state index is 0.0165. The van der Waals surface area contributed by atoms with E-state index < -0.39 is 0 Å². The highest BCUT2D eigenvalue weighted by molar-refractivity contribution is 7.11. The first-order chi connectivity index (χ1) is 7.13. The fraction of sp³-hybridized carbons (Fsp3) is 0.417. The van der Waals surface area contributed by atoms with Crippen LogP contribution in [0.25, 0.3) is 6.08 Å². The van der Waals surface area contributed by atoms with Gasteiger partial charge >= 0.3 is 0 Å². The number of thiophene rings is 1. The largest absolute Gasteiger partial charge is 0.350 e. The van der Waals surface area contributed by atoms with Crippen LogP contribution in [0, 0.1) is 6.92 Å². The summed E-state index contributed by atoms with van der Waals surface area (Å²) in [5, 5.41) is 4.92. The zero-order valence-corrected chi connectivity index (χ0v) is 10.2. The molecule has 0 radical (unpaired) electrons. The molecule has 2 nitrogen and oxygen atoms in total. The van der Waals surface area contributed by atoms with Crippen molar-refractivity contribution in [2.75, 3.05) is 0 Å². The van der Waals surface area contributed by atoms with Gasteiger partial charge in [-0.15, -0.1) is 11.3 Å². The molecule has 1 rings (SSSR count). The lowest BCUT2D eigenvalue weighted by Crippen LogP contribution is -2.30. The van der Waals surface area contributed by atoms with Gasteiger partial charge in [0.25, 0.3) is 0 Å². The molecule has 0 saturated heterocycles. The van der Waals surface area contributed by atoms with Crippen LogP contribution in [0.1, 0.15) is 30.7 Å². The predicted molar refractivity (Wildman–Crippen MR) is 66.0 cm³/mol. The summed E-state index contributed by atoms with van der Waals surface area (Å²) in [5.74, 6) is -0.0165. The summed E-state index contributed by atoms with van der Waals surface area (Å²) in [6.07, 6.45) is 4.43. The quantitative estimate of drug-likeness (QED) is 0.781. The summed E-state index contributed by atoms with van der Waals surface area (Å²) >= 11 is 1.65. The van der Waals surface area contributed by atoms with Gasteiger partial charge in [-0.3, -0.25) is 4.79 Å². The number of carbonyl (C=O) groups is 1. The van der Waals surface area contributed by atoms with Crippen molar-refractivity contribution >= 4 is 23.3 Å². The van der Waals surface area contributed by atoms with E-state index in [1.54, 1.807) is 17.4 Å². The molecule has 1 heterocycles. The van der Waals surface area contributed by atoms with Gasteiger partial charge in [0.2, 0.25) is 5.91 Å². The molecule has 1 aromatic heterocycles. The second-order valence-electron chi connectivity index (χ2n) is 3.62. The van der Waals surface area contributed by atoms with Gasteiger partial charge < -0.3 is 5.32 Å². The highest BCUT2D eigenvalue weighted by Gasteiger charge is 2.01. The minimum Gasteiger partial charge on any atom is -0.350 e. The zero-order valence-electron chi connectivity index (χ0n) is 9.41. The maximum absolute atomic E-state index is 11.4. The molecule has 15 heavy (non-hydrogen) atoms. The fourth-order valence-corrected chi connectivity index (χ4v) is 1.92. The van der Waals surface area contributed by atoms with E-state index in [9.17, 15) is 4.79 Å². The van der Waals surface area contributed by atoms with E-state index >= 15 is 0 Å². The third kappa shape index (κ3) is 3.88. The van der Waals surface area contributed by atoms with Crippen LogP contribution in [-0.2, 0) is 4.79 Å². The van der Waals surface area contributed by atoms with Crippen LogP contribution in [0.3, 0.4) is 0 Å². The van der Waals surface area contributed by atoms with Gasteiger partial charge in [0.15, 0.2) is 0 Å². The zero-order chi connectivity index (χ0) is 11.3. The Morgan fingerprint density at radius 2 is 2.40 bits per heavy atom. The fourth-order valence-electron chi connectivity index (χ4n) is 1.10. The van der Waals surface area contributed by atoms with Crippen LogP contribution in [-0.4, -0.2) is 11.9 Å². The van der Waals surface area contributed by atoms with Gasteiger partial charge in [0.1, 0.15) is 0 Å². The Morgan fingerprint density at radius 1 is 1.67 bits per heavy atom. The topological polar surface area (TPSA) is 29.1 Å². The van der Waals surface area contributed by atoms with E-state index in [1.807, 2.05) is 25.3 Å². The molecule has 1 amide bonds. The molecule has 3 heteroatoms. The lowest BCUT2D eigenvalue weighted by atomic mass is 10.2. The van der Waals surface area contributed by atoms with Crippen molar-refractivity contribution in [2.45, 2.75) is 33.2 Å². The number of amides is 1. The first-order valence-corrected chi connectivity index (χ1v) is 6.04. The van der Waals surface area contributed by atoms with Crippen molar-refractivity contribution in [3.63, 3.8) is 0 Å². The highest BCUT2D eigenvalue weighted by Crippen LogP contribution is 2.16. The van der Waals surface area contributed by atoms with Crippen LogP contribution in [0.4, 0.5) is 0 Å². The standard InChI is InChI=1S/C12H17NOS/c1-4-10(3)13-12(14)6-5-11-9(2)7-8-15-11/h5-8,10H,4H2,1-3H3,(H,13,14)/b6-5-/t10-/m0/s1. The maximum atomic E-state index is 11.4. The third-order valence-corrected chi connectivity index (χ3v) is 3.27. The molecule has 0 unspecified atom stereocenters. The van der Waals surface area contributed by atoms with Gasteiger partial charge in [-0.1, -0.05) is 6.92 Å². The number of nitrogens with one attached hydrogen (secondary N) is 1. The predicted octanol–water partition coefficient (Wildman–Crippen LogP) is 2.98. The lowest BCUT2D eigenvalue weighted by molar-refractivity contribution is -0.117. The molecule has 1 N–H and O–H groups in total. The molecule has 82 valence electrons. The molecule has 0 bridgehead atoms. The summed E-state index contributed by atoms with van der Waals surface area (Å²) in [4.78, 5) is 12.6. The Hall–Kier alpha value is -1.09. The van der Waals surface area contributed by atoms with Crippen molar-refractivity contribution in [3.8, 4) is 0 Å². The molecule has 0 fully saturated rings. The Labute approximate surface area is 95.0 Å². The summed E-state index contributed by atoms with van der Waals surface area (Å²) in [6.45, 7) is 6.10. The van der Waals surface area contributed by atoms with E-state index in [2.05, 4.69) is 18.3 Å². The summed E-state index contributed by atoms with van der Waals surface area (Å²) in [6, 6.07) is 2.29. The number of hydrogen-bond acceptors (Lipinski definition) is 2. The van der Waals surface area contributed by atoms with Crippen LogP contribution in [0.15, 0.2) is 17.5 Å². The number of hydrogen-bond donors (Lipinski definition) is 1. The van der Waals surface area contributed by atoms with Gasteiger partial charge in [-0.2, -0.15) is 0 Å². The Bertz CT molecular complexity index is 354. The van der Waals surface area contributed by atoms with E-state index in [4.69, 9.17) is 0 Å².